The van der Waals surface area contributed by atoms with Crippen molar-refractivity contribution in [1.29, 1.82) is 0 Å². The van der Waals surface area contributed by atoms with E-state index in [1.165, 1.54) is 18.2 Å². The molecule has 100 valence electrons. The third-order valence-electron chi connectivity index (χ3n) is 2.85. The van der Waals surface area contributed by atoms with Gasteiger partial charge in [-0.1, -0.05) is 35.3 Å². The van der Waals surface area contributed by atoms with Crippen LogP contribution in [0.4, 0.5) is 8.78 Å². The predicted molar refractivity (Wildman–Crippen MR) is 73.7 cm³/mol. The molecule has 0 bridgehead atoms. The van der Waals surface area contributed by atoms with E-state index in [1.54, 1.807) is 25.2 Å². The monoisotopic (exact) mass is 301 g/mol. The quantitative estimate of drug-likeness (QED) is 0.875. The summed E-state index contributed by atoms with van der Waals surface area (Å²) in [6, 6.07) is 8.02. The molecule has 0 amide bonds. The zero-order chi connectivity index (χ0) is 14.0. The van der Waals surface area contributed by atoms with Crippen LogP contribution >= 0.6 is 23.2 Å². The minimum Gasteiger partial charge on any atom is -0.309 e. The highest BCUT2D eigenvalue weighted by atomic mass is 35.5. The molecule has 2 rings (SSSR count). The van der Waals surface area contributed by atoms with Gasteiger partial charge < -0.3 is 5.32 Å². The van der Waals surface area contributed by atoms with Gasteiger partial charge in [0.2, 0.25) is 0 Å². The molecular formula is C14H11Cl2F2N. The Morgan fingerprint density at radius 3 is 2.16 bits per heavy atom. The molecule has 0 saturated heterocycles. The zero-order valence-electron chi connectivity index (χ0n) is 10.1. The molecule has 5 heteroatoms. The van der Waals surface area contributed by atoms with Crippen LogP contribution in [0.1, 0.15) is 17.2 Å². The van der Waals surface area contributed by atoms with Crippen molar-refractivity contribution >= 4 is 23.2 Å². The van der Waals surface area contributed by atoms with Crippen LogP contribution in [0.15, 0.2) is 36.4 Å². The van der Waals surface area contributed by atoms with Crippen LogP contribution in [0.3, 0.4) is 0 Å². The van der Waals surface area contributed by atoms with Gasteiger partial charge >= 0.3 is 0 Å². The first-order valence-electron chi connectivity index (χ1n) is 5.60. The Kier molecular flexibility index (Phi) is 4.40. The van der Waals surface area contributed by atoms with Crippen LogP contribution in [0, 0.1) is 11.6 Å². The lowest BCUT2D eigenvalue weighted by Crippen LogP contribution is -2.20. The van der Waals surface area contributed by atoms with Gasteiger partial charge in [0.1, 0.15) is 11.6 Å². The number of hydrogen-bond donors (Lipinski definition) is 1. The van der Waals surface area contributed by atoms with Crippen LogP contribution in [0.5, 0.6) is 0 Å². The summed E-state index contributed by atoms with van der Waals surface area (Å²) in [5.74, 6) is -1.21. The van der Waals surface area contributed by atoms with Crippen LogP contribution in [-0.2, 0) is 0 Å². The van der Waals surface area contributed by atoms with Crippen molar-refractivity contribution in [3.05, 3.63) is 69.2 Å². The smallest absolute Gasteiger partial charge is 0.131 e. The summed E-state index contributed by atoms with van der Waals surface area (Å²) in [4.78, 5) is 0. The molecule has 0 spiro atoms. The van der Waals surface area contributed by atoms with E-state index in [-0.39, 0.29) is 5.56 Å². The summed E-state index contributed by atoms with van der Waals surface area (Å²) in [7, 11) is 1.62. The van der Waals surface area contributed by atoms with E-state index in [4.69, 9.17) is 23.2 Å². The molecule has 2 aromatic carbocycles. The van der Waals surface area contributed by atoms with Gasteiger partial charge in [-0.15, -0.1) is 0 Å². The second-order valence-corrected chi connectivity index (χ2v) is 4.84. The molecule has 0 aliphatic heterocycles. The SMILES string of the molecule is CNC(c1ccc(Cl)c(Cl)c1)c1c(F)cccc1F. The summed E-state index contributed by atoms with van der Waals surface area (Å²) in [5.41, 5.74) is 0.601. The minimum atomic E-state index is -0.629. The number of nitrogens with one attached hydrogen (secondary N) is 1. The van der Waals surface area contributed by atoms with E-state index in [1.807, 2.05) is 0 Å². The molecule has 1 atom stereocenters. The molecule has 0 aliphatic carbocycles. The fourth-order valence-electron chi connectivity index (χ4n) is 1.96. The molecule has 0 aromatic heterocycles. The average Bonchev–Trinajstić information content (AvgIpc) is 2.37. The van der Waals surface area contributed by atoms with Gasteiger partial charge in [-0.2, -0.15) is 0 Å². The lowest BCUT2D eigenvalue weighted by molar-refractivity contribution is 0.522. The zero-order valence-corrected chi connectivity index (χ0v) is 11.6. The molecule has 0 fully saturated rings. The summed E-state index contributed by atoms with van der Waals surface area (Å²) in [6.07, 6.45) is 0. The van der Waals surface area contributed by atoms with Crippen molar-refractivity contribution in [2.24, 2.45) is 0 Å². The molecule has 0 aliphatic rings. The van der Waals surface area contributed by atoms with Crippen molar-refractivity contribution in [1.82, 2.24) is 5.32 Å². The molecule has 19 heavy (non-hydrogen) atoms. The Morgan fingerprint density at radius 2 is 1.63 bits per heavy atom. The molecule has 2 aromatic rings. The summed E-state index contributed by atoms with van der Waals surface area (Å²) in [5, 5.41) is 3.62. The molecular weight excluding hydrogens is 291 g/mol. The number of hydrogen-bond acceptors (Lipinski definition) is 1. The largest absolute Gasteiger partial charge is 0.309 e. The average molecular weight is 302 g/mol. The Morgan fingerprint density at radius 1 is 1.00 bits per heavy atom. The summed E-state index contributed by atoms with van der Waals surface area (Å²) in [6.45, 7) is 0. The van der Waals surface area contributed by atoms with Crippen molar-refractivity contribution < 1.29 is 8.78 Å². The van der Waals surface area contributed by atoms with Crippen molar-refractivity contribution in [3.63, 3.8) is 0 Å². The lowest BCUT2D eigenvalue weighted by Gasteiger charge is -2.19. The van der Waals surface area contributed by atoms with Crippen molar-refractivity contribution in [2.75, 3.05) is 7.05 Å². The molecule has 1 unspecified atom stereocenters. The fourth-order valence-corrected chi connectivity index (χ4v) is 2.26. The highest BCUT2D eigenvalue weighted by molar-refractivity contribution is 6.42. The van der Waals surface area contributed by atoms with Gasteiger partial charge in [0.05, 0.1) is 16.1 Å². The molecule has 0 saturated carbocycles. The summed E-state index contributed by atoms with van der Waals surface area (Å²) >= 11 is 11.8. The number of halogens is 4. The van der Waals surface area contributed by atoms with Crippen LogP contribution in [0.25, 0.3) is 0 Å². The Balaban J connectivity index is 2.53. The van der Waals surface area contributed by atoms with Gasteiger partial charge in [0, 0.05) is 5.56 Å². The molecule has 1 nitrogen and oxygen atoms in total. The molecule has 0 radical (unpaired) electrons. The normalized spacial score (nSPS) is 12.5. The summed E-state index contributed by atoms with van der Waals surface area (Å²) < 4.78 is 27.6. The first-order chi connectivity index (χ1) is 9.04. The Hall–Kier alpha value is -1.16. The van der Waals surface area contributed by atoms with Gasteiger partial charge in [0.15, 0.2) is 0 Å². The first kappa shape index (κ1) is 14.3. The predicted octanol–water partition coefficient (Wildman–Crippen LogP) is 4.58. The topological polar surface area (TPSA) is 12.0 Å². The Bertz CT molecular complexity index is 582. The van der Waals surface area contributed by atoms with E-state index >= 15 is 0 Å². The highest BCUT2D eigenvalue weighted by Crippen LogP contribution is 2.30. The van der Waals surface area contributed by atoms with E-state index < -0.39 is 17.7 Å². The van der Waals surface area contributed by atoms with Crippen LogP contribution in [0.2, 0.25) is 10.0 Å². The van der Waals surface area contributed by atoms with E-state index in [0.29, 0.717) is 15.6 Å². The number of rotatable bonds is 3. The Labute approximate surface area is 120 Å². The maximum Gasteiger partial charge on any atom is 0.131 e. The van der Waals surface area contributed by atoms with Gasteiger partial charge in [-0.3, -0.25) is 0 Å². The maximum absolute atomic E-state index is 13.8. The second kappa shape index (κ2) is 5.87. The van der Waals surface area contributed by atoms with Crippen molar-refractivity contribution in [2.45, 2.75) is 6.04 Å². The third kappa shape index (κ3) is 2.89. The van der Waals surface area contributed by atoms with Gasteiger partial charge in [0.25, 0.3) is 0 Å². The standard InChI is InChI=1S/C14H11Cl2F2N/c1-19-14(8-5-6-9(15)10(16)7-8)13-11(17)3-2-4-12(13)18/h2-7,14,19H,1H3. The highest BCUT2D eigenvalue weighted by Gasteiger charge is 2.20. The fraction of sp³-hybridized carbons (Fsp3) is 0.143. The van der Waals surface area contributed by atoms with E-state index in [2.05, 4.69) is 5.32 Å². The second-order valence-electron chi connectivity index (χ2n) is 4.03. The lowest BCUT2D eigenvalue weighted by atomic mass is 9.98. The van der Waals surface area contributed by atoms with Gasteiger partial charge in [-0.25, -0.2) is 8.78 Å². The van der Waals surface area contributed by atoms with Crippen LogP contribution < -0.4 is 5.32 Å². The first-order valence-corrected chi connectivity index (χ1v) is 6.36. The third-order valence-corrected chi connectivity index (χ3v) is 3.59. The van der Waals surface area contributed by atoms with E-state index in [9.17, 15) is 8.78 Å². The molecule has 1 N–H and O–H groups in total. The maximum atomic E-state index is 13.8. The number of benzene rings is 2. The minimum absolute atomic E-state index is 0.0385. The van der Waals surface area contributed by atoms with Crippen LogP contribution in [-0.4, -0.2) is 7.05 Å². The molecule has 0 heterocycles. The van der Waals surface area contributed by atoms with Crippen molar-refractivity contribution in [3.8, 4) is 0 Å². The van der Waals surface area contributed by atoms with E-state index in [0.717, 1.165) is 0 Å². The van der Waals surface area contributed by atoms with Gasteiger partial charge in [-0.05, 0) is 36.9 Å².